The lowest BCUT2D eigenvalue weighted by Gasteiger charge is -2.22. The number of hydrogen-bond acceptors (Lipinski definition) is 4. The lowest BCUT2D eigenvalue weighted by atomic mass is 9.83. The van der Waals surface area contributed by atoms with Crippen molar-refractivity contribution in [3.8, 4) is 61.9 Å². The highest BCUT2D eigenvalue weighted by atomic mass is 16.5. The van der Waals surface area contributed by atoms with Gasteiger partial charge in [-0.05, 0) is 91.3 Å². The minimum absolute atomic E-state index is 0.0817. The smallest absolute Gasteiger partial charge is 0.164 e. The van der Waals surface area contributed by atoms with Gasteiger partial charge in [-0.1, -0.05) is 164 Å². The fourth-order valence-electron chi connectivity index (χ4n) is 8.52. The Morgan fingerprint density at radius 1 is 0.404 bits per heavy atom. The second kappa shape index (κ2) is 13.7. The van der Waals surface area contributed by atoms with Crippen LogP contribution in [0.1, 0.15) is 17.3 Å². The fraction of sp³-hybridized carbons (Fsp3) is 0.0377. The Hall–Kier alpha value is -7.43. The predicted octanol–water partition coefficient (Wildman–Crippen LogP) is 13.0. The van der Waals surface area contributed by atoms with Gasteiger partial charge in [0.25, 0.3) is 0 Å². The average molecular weight is 730 g/mol. The second-order valence-electron chi connectivity index (χ2n) is 14.7. The highest BCUT2D eigenvalue weighted by Gasteiger charge is 2.39. The topological polar surface area (TPSA) is 47.9 Å². The Balaban J connectivity index is 1.03. The van der Waals surface area contributed by atoms with Gasteiger partial charge in [-0.3, -0.25) is 0 Å². The molecule has 1 aliphatic heterocycles. The third-order valence-corrected chi connectivity index (χ3v) is 11.3. The molecule has 2 unspecified atom stereocenters. The molecule has 0 saturated carbocycles. The second-order valence-corrected chi connectivity index (χ2v) is 14.7. The Bertz CT molecular complexity index is 2990. The molecule has 0 fully saturated rings. The van der Waals surface area contributed by atoms with Gasteiger partial charge in [-0.2, -0.15) is 0 Å². The quantitative estimate of drug-likeness (QED) is 0.160. The molecule has 2 atom stereocenters. The first-order valence-electron chi connectivity index (χ1n) is 19.4. The number of ether oxygens (including phenoxy) is 1. The molecule has 2 heterocycles. The molecular weight excluding hydrogens is 695 g/mol. The summed E-state index contributed by atoms with van der Waals surface area (Å²) in [7, 11) is 0. The molecule has 57 heavy (non-hydrogen) atoms. The number of benzene rings is 8. The summed E-state index contributed by atoms with van der Waals surface area (Å²) in [6.45, 7) is 0. The van der Waals surface area contributed by atoms with Gasteiger partial charge in [0, 0.05) is 22.3 Å². The van der Waals surface area contributed by atoms with Crippen molar-refractivity contribution in [3.63, 3.8) is 0 Å². The average Bonchev–Trinajstić information content (AvgIpc) is 3.68. The summed E-state index contributed by atoms with van der Waals surface area (Å²) >= 11 is 0. The number of fused-ring (bicyclic) bond motifs is 6. The van der Waals surface area contributed by atoms with E-state index in [1.165, 1.54) is 33.0 Å². The van der Waals surface area contributed by atoms with Crippen molar-refractivity contribution in [1.29, 1.82) is 0 Å². The summed E-state index contributed by atoms with van der Waals surface area (Å²) in [5.74, 6) is 2.74. The van der Waals surface area contributed by atoms with Gasteiger partial charge in [-0.25, -0.2) is 15.0 Å². The number of allylic oxidation sites excluding steroid dienone is 2. The Morgan fingerprint density at radius 3 is 1.67 bits per heavy atom. The maximum Gasteiger partial charge on any atom is 0.164 e. The molecule has 0 radical (unpaired) electrons. The van der Waals surface area contributed by atoms with Crippen molar-refractivity contribution < 1.29 is 4.74 Å². The monoisotopic (exact) mass is 729 g/mol. The highest BCUT2D eigenvalue weighted by molar-refractivity contribution is 6.13. The summed E-state index contributed by atoms with van der Waals surface area (Å²) in [6.07, 6.45) is 6.19. The summed E-state index contributed by atoms with van der Waals surface area (Å²) < 4.78 is 6.79. The van der Waals surface area contributed by atoms with Crippen molar-refractivity contribution in [2.24, 2.45) is 0 Å². The van der Waals surface area contributed by atoms with Crippen molar-refractivity contribution in [3.05, 3.63) is 212 Å². The summed E-state index contributed by atoms with van der Waals surface area (Å²) in [5.41, 5.74) is 11.0. The zero-order chi connectivity index (χ0) is 37.7. The third-order valence-electron chi connectivity index (χ3n) is 11.3. The van der Waals surface area contributed by atoms with Crippen molar-refractivity contribution in [1.82, 2.24) is 15.0 Å². The zero-order valence-electron chi connectivity index (χ0n) is 31.0. The maximum atomic E-state index is 6.79. The molecule has 0 bridgehead atoms. The van der Waals surface area contributed by atoms with Crippen LogP contribution in [-0.2, 0) is 0 Å². The summed E-state index contributed by atoms with van der Waals surface area (Å²) in [6, 6.07) is 64.1. The normalized spacial score (nSPS) is 15.5. The largest absolute Gasteiger partial charge is 0.485 e. The van der Waals surface area contributed by atoms with Crippen molar-refractivity contribution in [2.45, 2.75) is 12.0 Å². The van der Waals surface area contributed by atoms with E-state index >= 15 is 0 Å². The molecule has 268 valence electrons. The van der Waals surface area contributed by atoms with Crippen molar-refractivity contribution in [2.75, 3.05) is 0 Å². The van der Waals surface area contributed by atoms with Crippen LogP contribution in [0.2, 0.25) is 0 Å². The Kier molecular flexibility index (Phi) is 7.92. The molecule has 11 rings (SSSR count). The van der Waals surface area contributed by atoms with Crippen LogP contribution in [0.15, 0.2) is 200 Å². The van der Waals surface area contributed by atoms with Gasteiger partial charge in [-0.15, -0.1) is 0 Å². The minimum Gasteiger partial charge on any atom is -0.485 e. The summed E-state index contributed by atoms with van der Waals surface area (Å²) in [4.78, 5) is 15.7. The molecule has 0 amide bonds. The number of aromatic nitrogens is 3. The minimum atomic E-state index is -0.187. The first kappa shape index (κ1) is 33.0. The van der Waals surface area contributed by atoms with Crippen LogP contribution in [0.5, 0.6) is 5.75 Å². The highest BCUT2D eigenvalue weighted by Crippen LogP contribution is 2.49. The zero-order valence-corrected chi connectivity index (χ0v) is 31.0. The molecule has 0 saturated heterocycles. The number of hydrogen-bond donors (Lipinski definition) is 0. The molecule has 0 N–H and O–H groups in total. The Labute approximate surface area is 331 Å². The molecule has 4 nitrogen and oxygen atoms in total. The van der Waals surface area contributed by atoms with E-state index < -0.39 is 0 Å². The standard InChI is InChI=1S/C53H35N3O/c1-4-15-34(16-5-1)39-29-40(35-17-6-2-7-18-35)31-41(30-39)37-27-28-45-49(33-37)57-48-26-14-25-46(50(45)48)52-54-51(36-19-8-3-9-20-36)55-53(56-52)47-32-38-21-10-11-22-42(38)43-23-12-13-24-44(43)47/h1-33,48,50H. The van der Waals surface area contributed by atoms with Crippen LogP contribution in [0.3, 0.4) is 0 Å². The van der Waals surface area contributed by atoms with Gasteiger partial charge in [0.15, 0.2) is 17.5 Å². The molecule has 9 aromatic rings. The van der Waals surface area contributed by atoms with Gasteiger partial charge in [0.2, 0.25) is 0 Å². The molecule has 1 aliphatic carbocycles. The first-order valence-corrected chi connectivity index (χ1v) is 19.4. The third kappa shape index (κ3) is 5.90. The molecule has 2 aliphatic rings. The van der Waals surface area contributed by atoms with Gasteiger partial charge >= 0.3 is 0 Å². The van der Waals surface area contributed by atoms with E-state index in [1.54, 1.807) is 0 Å². The van der Waals surface area contributed by atoms with Gasteiger partial charge in [0.05, 0.1) is 5.92 Å². The van der Waals surface area contributed by atoms with Gasteiger partial charge < -0.3 is 4.74 Å². The maximum absolute atomic E-state index is 6.79. The SMILES string of the molecule is C1=CC2Oc3cc(-c4cc(-c5ccccc5)cc(-c5ccccc5)c4)ccc3C2C(c2nc(-c3ccccc3)nc(-c3cc4ccccc4c4ccccc34)n2)=C1. The molecule has 1 aromatic heterocycles. The first-order chi connectivity index (χ1) is 28.2. The van der Waals surface area contributed by atoms with E-state index in [1.807, 2.05) is 18.2 Å². The van der Waals surface area contributed by atoms with Crippen LogP contribution in [0.4, 0.5) is 0 Å². The van der Waals surface area contributed by atoms with Crippen LogP contribution in [-0.4, -0.2) is 21.1 Å². The Morgan fingerprint density at radius 2 is 0.965 bits per heavy atom. The van der Waals surface area contributed by atoms with Crippen LogP contribution < -0.4 is 4.74 Å². The lowest BCUT2D eigenvalue weighted by molar-refractivity contribution is 0.271. The van der Waals surface area contributed by atoms with Crippen LogP contribution in [0.25, 0.3) is 83.3 Å². The van der Waals surface area contributed by atoms with E-state index in [9.17, 15) is 0 Å². The van der Waals surface area contributed by atoms with E-state index in [0.717, 1.165) is 49.9 Å². The molecule has 8 aromatic carbocycles. The van der Waals surface area contributed by atoms with E-state index in [4.69, 9.17) is 19.7 Å². The molecular formula is C53H35N3O. The summed E-state index contributed by atoms with van der Waals surface area (Å²) in [5, 5.41) is 4.64. The van der Waals surface area contributed by atoms with E-state index in [2.05, 4.69) is 182 Å². The van der Waals surface area contributed by atoms with Gasteiger partial charge in [0.1, 0.15) is 11.9 Å². The number of rotatable bonds is 6. The molecule has 4 heteroatoms. The van der Waals surface area contributed by atoms with Crippen LogP contribution >= 0.6 is 0 Å². The lowest BCUT2D eigenvalue weighted by Crippen LogP contribution is -2.20. The van der Waals surface area contributed by atoms with E-state index in [-0.39, 0.29) is 12.0 Å². The molecule has 0 spiro atoms. The van der Waals surface area contributed by atoms with E-state index in [0.29, 0.717) is 17.5 Å². The number of nitrogens with zero attached hydrogens (tertiary/aromatic N) is 3. The fourth-order valence-corrected chi connectivity index (χ4v) is 8.52. The van der Waals surface area contributed by atoms with Crippen molar-refractivity contribution >= 4 is 27.1 Å². The van der Waals surface area contributed by atoms with Crippen LogP contribution in [0, 0.1) is 0 Å². The predicted molar refractivity (Wildman–Crippen MR) is 233 cm³/mol.